The molecular formula is C23H37N3O2. The standard InChI is InChI=1S/C23H37N3O2/c1-4-18(2)25(22(27)14-11-19-8-5-6-9-19)17-23(28)26(20-12-13-20)16-21-10-7-15-24(21)3/h7,10,15,18-20H,4-6,8-9,11-14,16-17H2,1-3H3. The van der Waals surface area contributed by atoms with Gasteiger partial charge in [-0.1, -0.05) is 32.6 Å². The van der Waals surface area contributed by atoms with Gasteiger partial charge in [-0.05, 0) is 50.7 Å². The van der Waals surface area contributed by atoms with E-state index in [2.05, 4.69) is 24.5 Å². The van der Waals surface area contributed by atoms with Gasteiger partial charge in [0.05, 0.1) is 6.54 Å². The Morgan fingerprint density at radius 2 is 1.89 bits per heavy atom. The highest BCUT2D eigenvalue weighted by Crippen LogP contribution is 2.30. The molecule has 5 nitrogen and oxygen atoms in total. The van der Waals surface area contributed by atoms with Crippen molar-refractivity contribution in [2.24, 2.45) is 13.0 Å². The summed E-state index contributed by atoms with van der Waals surface area (Å²) in [5, 5.41) is 0. The van der Waals surface area contributed by atoms with Crippen LogP contribution in [0.2, 0.25) is 0 Å². The molecule has 1 aromatic heterocycles. The fourth-order valence-corrected chi connectivity index (χ4v) is 4.36. The Morgan fingerprint density at radius 3 is 2.46 bits per heavy atom. The van der Waals surface area contributed by atoms with E-state index in [0.29, 0.717) is 24.9 Å². The minimum absolute atomic E-state index is 0.0956. The Hall–Kier alpha value is -1.78. The molecule has 2 amide bonds. The van der Waals surface area contributed by atoms with Gasteiger partial charge < -0.3 is 14.4 Å². The molecule has 156 valence electrons. The largest absolute Gasteiger partial charge is 0.353 e. The van der Waals surface area contributed by atoms with Gasteiger partial charge in [0.25, 0.3) is 0 Å². The van der Waals surface area contributed by atoms with Crippen molar-refractivity contribution in [3.8, 4) is 0 Å². The Kier molecular flexibility index (Phi) is 7.19. The van der Waals surface area contributed by atoms with Crippen molar-refractivity contribution >= 4 is 11.8 Å². The minimum atomic E-state index is 0.0956. The Bertz CT molecular complexity index is 659. The minimum Gasteiger partial charge on any atom is -0.353 e. The van der Waals surface area contributed by atoms with E-state index in [4.69, 9.17) is 0 Å². The summed E-state index contributed by atoms with van der Waals surface area (Å²) in [5.74, 6) is 0.959. The van der Waals surface area contributed by atoms with Crippen molar-refractivity contribution in [1.29, 1.82) is 0 Å². The van der Waals surface area contributed by atoms with E-state index in [9.17, 15) is 9.59 Å². The summed E-state index contributed by atoms with van der Waals surface area (Å²) in [4.78, 5) is 30.0. The molecule has 0 N–H and O–H groups in total. The van der Waals surface area contributed by atoms with Gasteiger partial charge in [0.2, 0.25) is 11.8 Å². The molecule has 0 aromatic carbocycles. The molecule has 0 bridgehead atoms. The second-order valence-corrected chi connectivity index (χ2v) is 8.83. The van der Waals surface area contributed by atoms with Crippen LogP contribution in [0.25, 0.3) is 0 Å². The van der Waals surface area contributed by atoms with Crippen LogP contribution in [-0.4, -0.2) is 44.8 Å². The van der Waals surface area contributed by atoms with Crippen molar-refractivity contribution < 1.29 is 9.59 Å². The average molecular weight is 388 g/mol. The van der Waals surface area contributed by atoms with Crippen LogP contribution in [0.15, 0.2) is 18.3 Å². The number of aryl methyl sites for hydroxylation is 1. The summed E-state index contributed by atoms with van der Waals surface area (Å²) < 4.78 is 2.07. The molecule has 1 aromatic rings. The summed E-state index contributed by atoms with van der Waals surface area (Å²) in [6.45, 7) is 5.02. The maximum absolute atomic E-state index is 13.2. The molecule has 2 saturated carbocycles. The predicted molar refractivity (Wildman–Crippen MR) is 112 cm³/mol. The predicted octanol–water partition coefficient (Wildman–Crippen LogP) is 4.11. The fraction of sp³-hybridized carbons (Fsp3) is 0.739. The van der Waals surface area contributed by atoms with Crippen molar-refractivity contribution in [3.63, 3.8) is 0 Å². The van der Waals surface area contributed by atoms with E-state index in [1.54, 1.807) is 0 Å². The number of hydrogen-bond acceptors (Lipinski definition) is 2. The van der Waals surface area contributed by atoms with Gasteiger partial charge in [0.15, 0.2) is 0 Å². The summed E-state index contributed by atoms with van der Waals surface area (Å²) in [7, 11) is 2.02. The lowest BCUT2D eigenvalue weighted by molar-refractivity contribution is -0.143. The molecule has 1 atom stereocenters. The summed E-state index contributed by atoms with van der Waals surface area (Å²) in [6.07, 6.45) is 11.8. The van der Waals surface area contributed by atoms with Gasteiger partial charge in [-0.25, -0.2) is 0 Å². The highest BCUT2D eigenvalue weighted by molar-refractivity contribution is 5.85. The number of hydrogen-bond donors (Lipinski definition) is 0. The van der Waals surface area contributed by atoms with Crippen LogP contribution in [0.4, 0.5) is 0 Å². The van der Waals surface area contributed by atoms with E-state index < -0.39 is 0 Å². The van der Waals surface area contributed by atoms with Crippen molar-refractivity contribution in [1.82, 2.24) is 14.4 Å². The third-order valence-electron chi connectivity index (χ3n) is 6.68. The van der Waals surface area contributed by atoms with Crippen molar-refractivity contribution in [3.05, 3.63) is 24.0 Å². The number of nitrogens with zero attached hydrogens (tertiary/aromatic N) is 3. The molecule has 3 rings (SSSR count). The van der Waals surface area contributed by atoms with E-state index in [1.165, 1.54) is 25.7 Å². The monoisotopic (exact) mass is 387 g/mol. The lowest BCUT2D eigenvalue weighted by Crippen LogP contribution is -2.47. The van der Waals surface area contributed by atoms with Gasteiger partial charge in [-0.3, -0.25) is 9.59 Å². The maximum Gasteiger partial charge on any atom is 0.242 e. The molecule has 1 unspecified atom stereocenters. The van der Waals surface area contributed by atoms with Crippen LogP contribution < -0.4 is 0 Å². The van der Waals surface area contributed by atoms with Gasteiger partial charge in [0, 0.05) is 37.4 Å². The van der Waals surface area contributed by atoms with Crippen LogP contribution >= 0.6 is 0 Å². The molecule has 0 radical (unpaired) electrons. The summed E-state index contributed by atoms with van der Waals surface area (Å²) in [5.41, 5.74) is 1.14. The molecule has 2 fully saturated rings. The first-order valence-electron chi connectivity index (χ1n) is 11.2. The topological polar surface area (TPSA) is 45.6 Å². The van der Waals surface area contributed by atoms with E-state index in [0.717, 1.165) is 31.4 Å². The van der Waals surface area contributed by atoms with Crippen LogP contribution in [0.5, 0.6) is 0 Å². The molecule has 0 aliphatic heterocycles. The van der Waals surface area contributed by atoms with Gasteiger partial charge in [-0.2, -0.15) is 0 Å². The van der Waals surface area contributed by atoms with Gasteiger partial charge in [-0.15, -0.1) is 0 Å². The Labute approximate surface area is 170 Å². The summed E-state index contributed by atoms with van der Waals surface area (Å²) in [6, 6.07) is 4.54. The van der Waals surface area contributed by atoms with Crippen molar-refractivity contribution in [2.45, 2.75) is 90.3 Å². The molecule has 28 heavy (non-hydrogen) atoms. The first kappa shape index (κ1) is 20.9. The van der Waals surface area contributed by atoms with E-state index in [1.807, 2.05) is 29.1 Å². The van der Waals surface area contributed by atoms with E-state index >= 15 is 0 Å². The normalized spacial score (nSPS) is 18.2. The van der Waals surface area contributed by atoms with Crippen LogP contribution in [0.1, 0.15) is 77.3 Å². The Morgan fingerprint density at radius 1 is 1.18 bits per heavy atom. The lowest BCUT2D eigenvalue weighted by Gasteiger charge is -2.32. The maximum atomic E-state index is 13.2. The molecule has 0 spiro atoms. The number of carbonyl (C=O) groups excluding carboxylic acids is 2. The second kappa shape index (κ2) is 9.62. The molecule has 0 saturated heterocycles. The molecule has 2 aliphatic carbocycles. The average Bonchev–Trinajstić information content (AvgIpc) is 3.23. The third kappa shape index (κ3) is 5.39. The molecule has 1 heterocycles. The van der Waals surface area contributed by atoms with Crippen LogP contribution in [0.3, 0.4) is 0 Å². The zero-order valence-corrected chi connectivity index (χ0v) is 17.9. The Balaban J connectivity index is 1.61. The van der Waals surface area contributed by atoms with Crippen LogP contribution in [0, 0.1) is 5.92 Å². The number of amides is 2. The third-order valence-corrected chi connectivity index (χ3v) is 6.68. The smallest absolute Gasteiger partial charge is 0.242 e. The zero-order valence-electron chi connectivity index (χ0n) is 17.9. The van der Waals surface area contributed by atoms with Crippen molar-refractivity contribution in [2.75, 3.05) is 6.54 Å². The first-order valence-corrected chi connectivity index (χ1v) is 11.2. The zero-order chi connectivity index (χ0) is 20.1. The van der Waals surface area contributed by atoms with Gasteiger partial charge >= 0.3 is 0 Å². The highest BCUT2D eigenvalue weighted by atomic mass is 16.2. The highest BCUT2D eigenvalue weighted by Gasteiger charge is 2.34. The quantitative estimate of drug-likeness (QED) is 0.606. The van der Waals surface area contributed by atoms with Gasteiger partial charge in [0.1, 0.15) is 6.54 Å². The number of carbonyl (C=O) groups is 2. The lowest BCUT2D eigenvalue weighted by atomic mass is 10.0. The SMILES string of the molecule is CCC(C)N(CC(=O)N(Cc1cccn1C)C1CC1)C(=O)CCC1CCCC1. The van der Waals surface area contributed by atoms with E-state index in [-0.39, 0.29) is 24.4 Å². The second-order valence-electron chi connectivity index (χ2n) is 8.83. The molecule has 5 heteroatoms. The number of rotatable bonds is 10. The fourth-order valence-electron chi connectivity index (χ4n) is 4.36. The first-order chi connectivity index (χ1) is 13.5. The molecule has 2 aliphatic rings. The summed E-state index contributed by atoms with van der Waals surface area (Å²) >= 11 is 0. The number of aromatic nitrogens is 1. The molecular weight excluding hydrogens is 350 g/mol. The van der Waals surface area contributed by atoms with Crippen LogP contribution in [-0.2, 0) is 23.2 Å².